The fourth-order valence-corrected chi connectivity index (χ4v) is 4.34. The predicted octanol–water partition coefficient (Wildman–Crippen LogP) is 1.83. The predicted molar refractivity (Wildman–Crippen MR) is 94.1 cm³/mol. The lowest BCUT2D eigenvalue weighted by molar-refractivity contribution is 0.216. The smallest absolute Gasteiger partial charge is 0.192 e. The van der Waals surface area contributed by atoms with Gasteiger partial charge in [0, 0.05) is 29.7 Å². The van der Waals surface area contributed by atoms with Gasteiger partial charge in [0.15, 0.2) is 5.90 Å². The number of aliphatic hydroxyl groups excluding tert-OH is 1. The fourth-order valence-electron chi connectivity index (χ4n) is 4.34. The number of ether oxygens (including phenoxy) is 1. The molecule has 1 aromatic carbocycles. The number of fused-ring (bicyclic) bond motifs is 2. The number of likely N-dealkylation sites (N-methyl/N-ethyl adjacent to an activating group) is 1. The van der Waals surface area contributed by atoms with E-state index in [1.807, 2.05) is 0 Å². The molecule has 0 saturated carbocycles. The summed E-state index contributed by atoms with van der Waals surface area (Å²) in [5.74, 6) is 0.937. The number of aromatic nitrogens is 1. The zero-order valence-corrected chi connectivity index (χ0v) is 13.7. The highest BCUT2D eigenvalue weighted by molar-refractivity contribution is 5.99. The van der Waals surface area contributed by atoms with Crippen molar-refractivity contribution in [2.75, 3.05) is 26.8 Å². The monoisotopic (exact) mass is 323 g/mol. The van der Waals surface area contributed by atoms with Gasteiger partial charge in [0.1, 0.15) is 12.6 Å². The van der Waals surface area contributed by atoms with Crippen molar-refractivity contribution in [2.45, 2.75) is 18.5 Å². The molecule has 2 aliphatic heterocycles. The van der Waals surface area contributed by atoms with Gasteiger partial charge in [0.25, 0.3) is 0 Å². The summed E-state index contributed by atoms with van der Waals surface area (Å²) in [5.41, 5.74) is 5.32. The zero-order chi connectivity index (χ0) is 16.3. The molecule has 0 fully saturated rings. The molecule has 3 heterocycles. The number of benzene rings is 1. The summed E-state index contributed by atoms with van der Waals surface area (Å²) in [7, 11) is 2.18. The van der Waals surface area contributed by atoms with Crippen LogP contribution in [0.25, 0.3) is 16.5 Å². The van der Waals surface area contributed by atoms with Crippen LogP contribution in [-0.2, 0) is 11.2 Å². The molecule has 1 aromatic heterocycles. The van der Waals surface area contributed by atoms with E-state index in [0.29, 0.717) is 12.6 Å². The molecule has 0 bridgehead atoms. The van der Waals surface area contributed by atoms with Gasteiger partial charge < -0.3 is 14.8 Å². The Morgan fingerprint density at radius 1 is 1.42 bits per heavy atom. The van der Waals surface area contributed by atoms with Crippen molar-refractivity contribution in [3.05, 3.63) is 41.6 Å². The third kappa shape index (κ3) is 1.98. The molecular formula is C19H21N3O2. The number of rotatable bonds is 2. The van der Waals surface area contributed by atoms with E-state index in [-0.39, 0.29) is 18.6 Å². The first kappa shape index (κ1) is 14.3. The van der Waals surface area contributed by atoms with Crippen LogP contribution in [-0.4, -0.2) is 59.8 Å². The van der Waals surface area contributed by atoms with Gasteiger partial charge in [-0.1, -0.05) is 18.2 Å². The van der Waals surface area contributed by atoms with E-state index < -0.39 is 0 Å². The number of hydrogen-bond acceptors (Lipinski definition) is 4. The number of nitrogens with zero attached hydrogens (tertiary/aromatic N) is 2. The van der Waals surface area contributed by atoms with E-state index in [2.05, 4.69) is 52.4 Å². The number of hydrogen-bond donors (Lipinski definition) is 2. The molecule has 0 saturated heterocycles. The van der Waals surface area contributed by atoms with Gasteiger partial charge in [-0.15, -0.1) is 0 Å². The topological polar surface area (TPSA) is 60.9 Å². The lowest BCUT2D eigenvalue weighted by Crippen LogP contribution is -2.44. The van der Waals surface area contributed by atoms with E-state index in [4.69, 9.17) is 4.74 Å². The van der Waals surface area contributed by atoms with Crippen molar-refractivity contribution in [1.29, 1.82) is 0 Å². The first-order valence-electron chi connectivity index (χ1n) is 8.57. The summed E-state index contributed by atoms with van der Waals surface area (Å²) < 4.78 is 5.76. The SMILES string of the molecule is CN1CC(C2=NC(CO)CO2)C=C2c3cccc4[nH]cc(c34)CC21. The molecule has 2 aromatic rings. The van der Waals surface area contributed by atoms with Gasteiger partial charge in [-0.3, -0.25) is 4.90 Å². The summed E-state index contributed by atoms with van der Waals surface area (Å²) in [6.45, 7) is 1.45. The summed E-state index contributed by atoms with van der Waals surface area (Å²) in [6, 6.07) is 6.79. The minimum atomic E-state index is -0.104. The molecule has 0 radical (unpaired) electrons. The second kappa shape index (κ2) is 5.19. The van der Waals surface area contributed by atoms with Crippen LogP contribution in [0, 0.1) is 5.92 Å². The molecule has 24 heavy (non-hydrogen) atoms. The largest absolute Gasteiger partial charge is 0.478 e. The summed E-state index contributed by atoms with van der Waals surface area (Å²) in [4.78, 5) is 10.4. The number of aliphatic hydroxyl groups is 1. The minimum absolute atomic E-state index is 0.0529. The second-order valence-corrected chi connectivity index (χ2v) is 7.04. The first-order valence-corrected chi connectivity index (χ1v) is 8.57. The maximum atomic E-state index is 9.29. The maximum Gasteiger partial charge on any atom is 0.192 e. The minimum Gasteiger partial charge on any atom is -0.478 e. The lowest BCUT2D eigenvalue weighted by atomic mass is 9.80. The lowest BCUT2D eigenvalue weighted by Gasteiger charge is -2.39. The maximum absolute atomic E-state index is 9.29. The van der Waals surface area contributed by atoms with E-state index >= 15 is 0 Å². The molecule has 5 nitrogen and oxygen atoms in total. The Balaban J connectivity index is 1.61. The van der Waals surface area contributed by atoms with Crippen molar-refractivity contribution in [3.63, 3.8) is 0 Å². The highest BCUT2D eigenvalue weighted by atomic mass is 16.5. The molecule has 1 aliphatic carbocycles. The molecule has 5 heteroatoms. The number of aromatic amines is 1. The van der Waals surface area contributed by atoms with Crippen LogP contribution in [0.5, 0.6) is 0 Å². The Morgan fingerprint density at radius 2 is 2.33 bits per heavy atom. The van der Waals surface area contributed by atoms with Crippen LogP contribution >= 0.6 is 0 Å². The number of nitrogens with one attached hydrogen (secondary N) is 1. The van der Waals surface area contributed by atoms with Gasteiger partial charge >= 0.3 is 0 Å². The Morgan fingerprint density at radius 3 is 3.17 bits per heavy atom. The molecule has 0 amide bonds. The van der Waals surface area contributed by atoms with Gasteiger partial charge in [0.05, 0.1) is 12.5 Å². The van der Waals surface area contributed by atoms with Crippen molar-refractivity contribution < 1.29 is 9.84 Å². The number of aliphatic imine (C=N–C) groups is 1. The Labute approximate surface area is 140 Å². The molecule has 0 spiro atoms. The van der Waals surface area contributed by atoms with Crippen LogP contribution in [0.2, 0.25) is 0 Å². The molecule has 3 unspecified atom stereocenters. The molecule has 124 valence electrons. The molecule has 3 aliphatic rings. The highest BCUT2D eigenvalue weighted by Gasteiger charge is 2.36. The van der Waals surface area contributed by atoms with Gasteiger partial charge in [-0.25, -0.2) is 4.99 Å². The second-order valence-electron chi connectivity index (χ2n) is 7.04. The molecule has 2 N–H and O–H groups in total. The first-order chi connectivity index (χ1) is 11.7. The highest BCUT2D eigenvalue weighted by Crippen LogP contribution is 2.41. The quantitative estimate of drug-likeness (QED) is 0.886. The third-order valence-electron chi connectivity index (χ3n) is 5.53. The Hall–Kier alpha value is -2.11. The summed E-state index contributed by atoms with van der Waals surface area (Å²) in [5, 5.41) is 10.7. The molecule has 5 rings (SSSR count). The van der Waals surface area contributed by atoms with Gasteiger partial charge in [0.2, 0.25) is 0 Å². The molecular weight excluding hydrogens is 302 g/mol. The standard InChI is InChI=1S/C19H21N3O2/c1-22-8-12(19-21-13(9-23)10-24-19)5-15-14-3-2-4-16-18(14)11(7-20-16)6-17(15)22/h2-5,7,12-13,17,20,23H,6,8-10H2,1H3. The summed E-state index contributed by atoms with van der Waals surface area (Å²) in [6.07, 6.45) is 5.54. The van der Waals surface area contributed by atoms with E-state index in [0.717, 1.165) is 18.9 Å². The van der Waals surface area contributed by atoms with Crippen molar-refractivity contribution in [3.8, 4) is 0 Å². The Kier molecular flexibility index (Phi) is 3.08. The molecule has 3 atom stereocenters. The average molecular weight is 323 g/mol. The van der Waals surface area contributed by atoms with Crippen LogP contribution in [0.15, 0.2) is 35.5 Å². The van der Waals surface area contributed by atoms with Crippen LogP contribution in [0.1, 0.15) is 11.1 Å². The van der Waals surface area contributed by atoms with E-state index in [9.17, 15) is 5.11 Å². The van der Waals surface area contributed by atoms with Crippen molar-refractivity contribution in [1.82, 2.24) is 9.88 Å². The Bertz CT molecular complexity index is 867. The van der Waals surface area contributed by atoms with E-state index in [1.54, 1.807) is 0 Å². The normalized spacial score (nSPS) is 29.2. The van der Waals surface area contributed by atoms with Crippen LogP contribution < -0.4 is 0 Å². The van der Waals surface area contributed by atoms with Crippen molar-refractivity contribution in [2.24, 2.45) is 10.9 Å². The van der Waals surface area contributed by atoms with Crippen LogP contribution in [0.3, 0.4) is 0 Å². The van der Waals surface area contributed by atoms with Crippen molar-refractivity contribution >= 4 is 22.4 Å². The zero-order valence-electron chi connectivity index (χ0n) is 13.7. The van der Waals surface area contributed by atoms with Crippen LogP contribution in [0.4, 0.5) is 0 Å². The third-order valence-corrected chi connectivity index (χ3v) is 5.53. The fraction of sp³-hybridized carbons (Fsp3) is 0.421. The van der Waals surface area contributed by atoms with Gasteiger partial charge in [-0.05, 0) is 36.2 Å². The van der Waals surface area contributed by atoms with Gasteiger partial charge in [-0.2, -0.15) is 0 Å². The summed E-state index contributed by atoms with van der Waals surface area (Å²) >= 11 is 0. The number of H-pyrrole nitrogens is 1. The van der Waals surface area contributed by atoms with E-state index in [1.165, 1.54) is 27.6 Å². The average Bonchev–Trinajstić information content (AvgIpc) is 3.24.